The summed E-state index contributed by atoms with van der Waals surface area (Å²) >= 11 is 0. The highest BCUT2D eigenvalue weighted by Gasteiger charge is 2.56. The number of rotatable bonds is 1. The Morgan fingerprint density at radius 3 is 2.87 bits per heavy atom. The van der Waals surface area contributed by atoms with Crippen LogP contribution in [-0.2, 0) is 0 Å². The van der Waals surface area contributed by atoms with E-state index >= 15 is 0 Å². The summed E-state index contributed by atoms with van der Waals surface area (Å²) in [7, 11) is 0. The van der Waals surface area contributed by atoms with E-state index in [2.05, 4.69) is 13.0 Å². The van der Waals surface area contributed by atoms with Gasteiger partial charge in [0.1, 0.15) is 5.75 Å². The van der Waals surface area contributed by atoms with Crippen LogP contribution < -0.4 is 4.74 Å². The minimum Gasteiger partial charge on any atom is -0.493 e. The van der Waals surface area contributed by atoms with Gasteiger partial charge in [-0.1, -0.05) is 25.1 Å². The molecule has 1 heterocycles. The second-order valence-corrected chi connectivity index (χ2v) is 4.82. The number of aliphatic hydroxyl groups is 1. The van der Waals surface area contributed by atoms with E-state index in [0.29, 0.717) is 5.92 Å². The highest BCUT2D eigenvalue weighted by Crippen LogP contribution is 2.56. The summed E-state index contributed by atoms with van der Waals surface area (Å²) in [5, 5.41) is 10.4. The fourth-order valence-electron chi connectivity index (χ4n) is 2.78. The monoisotopic (exact) mass is 204 g/mol. The molecule has 0 spiro atoms. The van der Waals surface area contributed by atoms with E-state index in [0.717, 1.165) is 25.2 Å². The Hall–Kier alpha value is -1.02. The fourth-order valence-corrected chi connectivity index (χ4v) is 2.78. The van der Waals surface area contributed by atoms with E-state index in [1.165, 1.54) is 5.56 Å². The number of hydrogen-bond donors (Lipinski definition) is 1. The van der Waals surface area contributed by atoms with Gasteiger partial charge in [0.25, 0.3) is 0 Å². The molecule has 1 fully saturated rings. The third-order valence-electron chi connectivity index (χ3n) is 3.89. The standard InChI is InChI=1S/C13H16O2/c1-9-8-13(9,14)11-6-7-15-12-5-3-2-4-10(11)12/h2-5,9,11,14H,6-8H2,1H3. The zero-order chi connectivity index (χ0) is 10.5. The van der Waals surface area contributed by atoms with Crippen LogP contribution >= 0.6 is 0 Å². The van der Waals surface area contributed by atoms with Crippen LogP contribution in [0.4, 0.5) is 0 Å². The first-order valence-electron chi connectivity index (χ1n) is 5.66. The van der Waals surface area contributed by atoms with Crippen molar-refractivity contribution in [3.63, 3.8) is 0 Å². The van der Waals surface area contributed by atoms with Gasteiger partial charge in [-0.2, -0.15) is 0 Å². The lowest BCUT2D eigenvalue weighted by molar-refractivity contribution is 0.0809. The van der Waals surface area contributed by atoms with Crippen molar-refractivity contribution in [2.75, 3.05) is 6.61 Å². The molecule has 1 aliphatic carbocycles. The van der Waals surface area contributed by atoms with Gasteiger partial charge in [-0.25, -0.2) is 0 Å². The van der Waals surface area contributed by atoms with Gasteiger partial charge in [0.15, 0.2) is 0 Å². The van der Waals surface area contributed by atoms with Crippen LogP contribution in [0.3, 0.4) is 0 Å². The summed E-state index contributed by atoms with van der Waals surface area (Å²) < 4.78 is 5.60. The van der Waals surface area contributed by atoms with E-state index in [9.17, 15) is 5.11 Å². The predicted molar refractivity (Wildman–Crippen MR) is 58.0 cm³/mol. The summed E-state index contributed by atoms with van der Waals surface area (Å²) in [6.45, 7) is 2.86. The number of para-hydroxylation sites is 1. The Bertz CT molecular complexity index is 388. The predicted octanol–water partition coefficient (Wildman–Crippen LogP) is 2.32. The molecule has 0 bridgehead atoms. The Balaban J connectivity index is 2.00. The molecule has 1 saturated carbocycles. The van der Waals surface area contributed by atoms with Crippen molar-refractivity contribution in [3.05, 3.63) is 29.8 Å². The average Bonchev–Trinajstić information content (AvgIpc) is 2.87. The minimum absolute atomic E-state index is 0.275. The molecule has 3 atom stereocenters. The summed E-state index contributed by atoms with van der Waals surface area (Å²) in [5.41, 5.74) is 0.732. The van der Waals surface area contributed by atoms with Gasteiger partial charge < -0.3 is 9.84 Å². The zero-order valence-corrected chi connectivity index (χ0v) is 8.94. The normalized spacial score (nSPS) is 38.0. The summed E-state index contributed by atoms with van der Waals surface area (Å²) in [6.07, 6.45) is 1.88. The molecule has 0 saturated heterocycles. The smallest absolute Gasteiger partial charge is 0.122 e. The van der Waals surface area contributed by atoms with Crippen LogP contribution in [0.2, 0.25) is 0 Å². The summed E-state index contributed by atoms with van der Waals surface area (Å²) in [6, 6.07) is 8.10. The molecule has 2 heteroatoms. The Labute approximate surface area is 89.9 Å². The van der Waals surface area contributed by atoms with Crippen molar-refractivity contribution >= 4 is 0 Å². The van der Waals surface area contributed by atoms with E-state index in [4.69, 9.17) is 4.74 Å². The van der Waals surface area contributed by atoms with Crippen molar-refractivity contribution in [1.82, 2.24) is 0 Å². The third kappa shape index (κ3) is 1.28. The van der Waals surface area contributed by atoms with Gasteiger partial charge in [0.05, 0.1) is 12.2 Å². The lowest BCUT2D eigenvalue weighted by atomic mass is 9.85. The molecule has 0 amide bonds. The van der Waals surface area contributed by atoms with Gasteiger partial charge in [0.2, 0.25) is 0 Å². The molecule has 2 nitrogen and oxygen atoms in total. The number of hydrogen-bond acceptors (Lipinski definition) is 2. The van der Waals surface area contributed by atoms with Gasteiger partial charge in [0, 0.05) is 11.5 Å². The molecular weight excluding hydrogens is 188 g/mol. The van der Waals surface area contributed by atoms with Crippen LogP contribution in [0.25, 0.3) is 0 Å². The van der Waals surface area contributed by atoms with Crippen molar-refractivity contribution in [2.24, 2.45) is 5.92 Å². The minimum atomic E-state index is -0.458. The maximum Gasteiger partial charge on any atom is 0.122 e. The topological polar surface area (TPSA) is 29.5 Å². The van der Waals surface area contributed by atoms with Crippen LogP contribution in [0.1, 0.15) is 31.2 Å². The fraction of sp³-hybridized carbons (Fsp3) is 0.538. The molecule has 80 valence electrons. The Morgan fingerprint density at radius 2 is 2.13 bits per heavy atom. The molecular formula is C13H16O2. The van der Waals surface area contributed by atoms with E-state index in [1.807, 2.05) is 18.2 Å². The summed E-state index contributed by atoms with van der Waals surface area (Å²) in [4.78, 5) is 0. The average molecular weight is 204 g/mol. The van der Waals surface area contributed by atoms with E-state index < -0.39 is 5.60 Å². The largest absolute Gasteiger partial charge is 0.493 e. The molecule has 3 rings (SSSR count). The molecule has 1 aliphatic heterocycles. The van der Waals surface area contributed by atoms with Crippen molar-refractivity contribution in [3.8, 4) is 5.75 Å². The Kier molecular flexibility index (Phi) is 1.84. The van der Waals surface area contributed by atoms with Crippen molar-refractivity contribution in [2.45, 2.75) is 31.3 Å². The van der Waals surface area contributed by atoms with E-state index in [-0.39, 0.29) is 5.92 Å². The van der Waals surface area contributed by atoms with Gasteiger partial charge >= 0.3 is 0 Å². The molecule has 3 unspecified atom stereocenters. The van der Waals surface area contributed by atoms with Crippen molar-refractivity contribution in [1.29, 1.82) is 0 Å². The highest BCUT2D eigenvalue weighted by molar-refractivity contribution is 5.41. The molecule has 1 N–H and O–H groups in total. The van der Waals surface area contributed by atoms with Crippen molar-refractivity contribution < 1.29 is 9.84 Å². The second kappa shape index (κ2) is 2.99. The molecule has 2 aliphatic rings. The first-order chi connectivity index (χ1) is 7.22. The molecule has 1 aromatic carbocycles. The van der Waals surface area contributed by atoms with Gasteiger partial charge in [-0.05, 0) is 24.8 Å². The summed E-state index contributed by atoms with van der Waals surface area (Å²) in [5.74, 6) is 1.67. The molecule has 0 radical (unpaired) electrons. The second-order valence-electron chi connectivity index (χ2n) is 4.82. The first-order valence-corrected chi connectivity index (χ1v) is 5.66. The number of ether oxygens (including phenoxy) is 1. The van der Waals surface area contributed by atoms with Gasteiger partial charge in [-0.15, -0.1) is 0 Å². The Morgan fingerprint density at radius 1 is 1.40 bits per heavy atom. The van der Waals surface area contributed by atoms with Crippen LogP contribution in [0.5, 0.6) is 5.75 Å². The quantitative estimate of drug-likeness (QED) is 0.760. The number of benzene rings is 1. The molecule has 0 aromatic heterocycles. The molecule has 1 aromatic rings. The third-order valence-corrected chi connectivity index (χ3v) is 3.89. The lowest BCUT2D eigenvalue weighted by Crippen LogP contribution is -2.27. The number of fused-ring (bicyclic) bond motifs is 1. The van der Waals surface area contributed by atoms with Crippen LogP contribution in [-0.4, -0.2) is 17.3 Å². The SMILES string of the molecule is CC1CC1(O)C1CCOc2ccccc21. The van der Waals surface area contributed by atoms with Crippen LogP contribution in [0.15, 0.2) is 24.3 Å². The maximum atomic E-state index is 10.4. The first kappa shape index (κ1) is 9.22. The zero-order valence-electron chi connectivity index (χ0n) is 8.94. The van der Waals surface area contributed by atoms with Crippen LogP contribution in [0, 0.1) is 5.92 Å². The maximum absolute atomic E-state index is 10.4. The lowest BCUT2D eigenvalue weighted by Gasteiger charge is -2.30. The van der Waals surface area contributed by atoms with Gasteiger partial charge in [-0.3, -0.25) is 0 Å². The van der Waals surface area contributed by atoms with E-state index in [1.54, 1.807) is 0 Å². The molecule has 15 heavy (non-hydrogen) atoms. The highest BCUT2D eigenvalue weighted by atomic mass is 16.5.